The summed E-state index contributed by atoms with van der Waals surface area (Å²) in [6.07, 6.45) is 1.18. The van der Waals surface area contributed by atoms with Crippen LogP contribution in [0.3, 0.4) is 0 Å². The second kappa shape index (κ2) is 8.96. The quantitative estimate of drug-likeness (QED) is 0.296. The summed E-state index contributed by atoms with van der Waals surface area (Å²) in [6.45, 7) is 0. The molecule has 0 saturated heterocycles. The molecule has 4 rings (SSSR count). The number of hydrogen-bond acceptors (Lipinski definition) is 7. The Morgan fingerprint density at radius 3 is 2.03 bits per heavy atom. The van der Waals surface area contributed by atoms with Gasteiger partial charge in [0.15, 0.2) is 11.6 Å². The van der Waals surface area contributed by atoms with Crippen molar-refractivity contribution < 1.29 is 14.0 Å². The number of nitrogens with zero attached hydrogens (tertiary/aromatic N) is 2. The highest BCUT2D eigenvalue weighted by Gasteiger charge is 2.14. The van der Waals surface area contributed by atoms with Gasteiger partial charge in [0.25, 0.3) is 11.8 Å². The Kier molecular flexibility index (Phi) is 5.75. The van der Waals surface area contributed by atoms with E-state index in [0.29, 0.717) is 5.56 Å². The SMILES string of the molecule is Nc1c(NNC(=O)c2ccccc2F)ncnc1NNC(=O)c1cccc2ccccc12. The van der Waals surface area contributed by atoms with Crippen molar-refractivity contribution in [1.82, 2.24) is 20.8 Å². The monoisotopic (exact) mass is 431 g/mol. The van der Waals surface area contributed by atoms with E-state index in [1.165, 1.54) is 30.6 Å². The Bertz CT molecular complexity index is 1310. The summed E-state index contributed by atoms with van der Waals surface area (Å²) in [5.41, 5.74) is 16.4. The van der Waals surface area contributed by atoms with Gasteiger partial charge in [-0.05, 0) is 29.0 Å². The Morgan fingerprint density at radius 2 is 1.31 bits per heavy atom. The number of aromatic nitrogens is 2. The molecule has 9 nitrogen and oxygen atoms in total. The number of carbonyl (C=O) groups excluding carboxylic acids is 2. The van der Waals surface area contributed by atoms with Gasteiger partial charge >= 0.3 is 0 Å². The lowest BCUT2D eigenvalue weighted by molar-refractivity contribution is 0.0953. The summed E-state index contributed by atoms with van der Waals surface area (Å²) in [7, 11) is 0. The smallest absolute Gasteiger partial charge is 0.272 e. The minimum absolute atomic E-state index is 0.0274. The molecule has 0 saturated carbocycles. The van der Waals surface area contributed by atoms with Crippen LogP contribution < -0.4 is 27.4 Å². The number of benzene rings is 3. The fourth-order valence-corrected chi connectivity index (χ4v) is 3.03. The van der Waals surface area contributed by atoms with E-state index in [-0.39, 0.29) is 28.8 Å². The van der Waals surface area contributed by atoms with Gasteiger partial charge in [-0.25, -0.2) is 14.4 Å². The first-order valence-corrected chi connectivity index (χ1v) is 9.50. The second-order valence-electron chi connectivity index (χ2n) is 6.65. The van der Waals surface area contributed by atoms with E-state index in [9.17, 15) is 14.0 Å². The standard InChI is InChI=1S/C22H18FN7O2/c23-17-11-4-3-9-16(17)22(32)30-28-20-18(24)19(25-12-26-20)27-29-21(31)15-10-5-7-13-6-1-2-8-14(13)15/h1-12H,24H2,(H,29,31)(H,30,32)(H2,25,26,27,28). The van der Waals surface area contributed by atoms with Crippen LogP contribution in [-0.4, -0.2) is 21.8 Å². The van der Waals surface area contributed by atoms with Crippen molar-refractivity contribution in [3.63, 3.8) is 0 Å². The number of carbonyl (C=O) groups is 2. The molecule has 0 spiro atoms. The van der Waals surface area contributed by atoms with Gasteiger partial charge in [0, 0.05) is 5.56 Å². The van der Waals surface area contributed by atoms with E-state index >= 15 is 0 Å². The van der Waals surface area contributed by atoms with Crippen LogP contribution in [-0.2, 0) is 0 Å². The lowest BCUT2D eigenvalue weighted by Gasteiger charge is -2.14. The zero-order valence-corrected chi connectivity index (χ0v) is 16.6. The van der Waals surface area contributed by atoms with Crippen molar-refractivity contribution >= 4 is 39.9 Å². The highest BCUT2D eigenvalue weighted by Crippen LogP contribution is 2.22. The normalized spacial score (nSPS) is 10.4. The highest BCUT2D eigenvalue weighted by molar-refractivity contribution is 6.07. The predicted octanol–water partition coefficient (Wildman–Crippen LogP) is 2.86. The van der Waals surface area contributed by atoms with Gasteiger partial charge < -0.3 is 5.73 Å². The van der Waals surface area contributed by atoms with Crippen molar-refractivity contribution in [1.29, 1.82) is 0 Å². The van der Waals surface area contributed by atoms with Gasteiger partial charge in [-0.1, -0.05) is 48.5 Å². The van der Waals surface area contributed by atoms with E-state index in [0.717, 1.165) is 10.8 Å². The maximum Gasteiger partial charge on any atom is 0.272 e. The summed E-state index contributed by atoms with van der Waals surface area (Å²) in [5, 5.41) is 1.72. The van der Waals surface area contributed by atoms with Crippen LogP contribution in [0, 0.1) is 5.82 Å². The molecule has 0 bridgehead atoms. The Labute approximate surface area is 181 Å². The second-order valence-corrected chi connectivity index (χ2v) is 6.65. The number of fused-ring (bicyclic) bond motifs is 1. The molecule has 32 heavy (non-hydrogen) atoms. The summed E-state index contributed by atoms with van der Waals surface area (Å²) in [6, 6.07) is 18.4. The highest BCUT2D eigenvalue weighted by atomic mass is 19.1. The minimum Gasteiger partial charge on any atom is -0.393 e. The van der Waals surface area contributed by atoms with Crippen LogP contribution in [0.15, 0.2) is 73.1 Å². The average molecular weight is 431 g/mol. The molecule has 160 valence electrons. The number of hydrazine groups is 2. The Hall–Kier alpha value is -4.73. The molecule has 0 aliphatic carbocycles. The number of nitrogens with two attached hydrogens (primary N) is 1. The third kappa shape index (κ3) is 4.24. The van der Waals surface area contributed by atoms with Crippen molar-refractivity contribution in [3.8, 4) is 0 Å². The molecule has 6 N–H and O–H groups in total. The maximum atomic E-state index is 13.7. The minimum atomic E-state index is -0.708. The van der Waals surface area contributed by atoms with Crippen molar-refractivity contribution in [2.75, 3.05) is 16.6 Å². The maximum absolute atomic E-state index is 13.7. The summed E-state index contributed by atoms with van der Waals surface area (Å²) >= 11 is 0. The van der Waals surface area contributed by atoms with Gasteiger partial charge in [0.1, 0.15) is 17.8 Å². The first kappa shape index (κ1) is 20.5. The number of halogens is 1. The van der Waals surface area contributed by atoms with E-state index in [1.54, 1.807) is 12.1 Å². The van der Waals surface area contributed by atoms with Gasteiger partial charge in [-0.3, -0.25) is 31.3 Å². The van der Waals surface area contributed by atoms with Crippen LogP contribution in [0.2, 0.25) is 0 Å². The fraction of sp³-hybridized carbons (Fsp3) is 0. The number of hydrogen-bond donors (Lipinski definition) is 5. The largest absolute Gasteiger partial charge is 0.393 e. The number of rotatable bonds is 6. The third-order valence-corrected chi connectivity index (χ3v) is 4.63. The third-order valence-electron chi connectivity index (χ3n) is 4.63. The number of anilines is 3. The fourth-order valence-electron chi connectivity index (χ4n) is 3.03. The Balaban J connectivity index is 1.44. The average Bonchev–Trinajstić information content (AvgIpc) is 2.82. The van der Waals surface area contributed by atoms with Gasteiger partial charge in [-0.15, -0.1) is 0 Å². The lowest BCUT2D eigenvalue weighted by atomic mass is 10.0. The van der Waals surface area contributed by atoms with Gasteiger partial charge in [0.05, 0.1) is 5.56 Å². The van der Waals surface area contributed by atoms with Gasteiger partial charge in [0.2, 0.25) is 0 Å². The van der Waals surface area contributed by atoms with Crippen LogP contribution in [0.5, 0.6) is 0 Å². The molecule has 1 aromatic heterocycles. The molecule has 3 aromatic carbocycles. The van der Waals surface area contributed by atoms with E-state index in [1.807, 2.05) is 30.3 Å². The molecule has 4 aromatic rings. The lowest BCUT2D eigenvalue weighted by Crippen LogP contribution is -2.32. The summed E-state index contributed by atoms with van der Waals surface area (Å²) in [5.74, 6) is -1.59. The van der Waals surface area contributed by atoms with Crippen molar-refractivity contribution in [3.05, 3.63) is 90.0 Å². The molecular weight excluding hydrogens is 413 g/mol. The van der Waals surface area contributed by atoms with Crippen LogP contribution in [0.4, 0.5) is 21.7 Å². The van der Waals surface area contributed by atoms with E-state index < -0.39 is 11.7 Å². The molecule has 0 unspecified atom stereocenters. The molecule has 10 heteroatoms. The zero-order valence-electron chi connectivity index (χ0n) is 16.6. The predicted molar refractivity (Wildman–Crippen MR) is 119 cm³/mol. The molecule has 0 radical (unpaired) electrons. The molecule has 1 heterocycles. The van der Waals surface area contributed by atoms with E-state index in [4.69, 9.17) is 5.73 Å². The molecule has 2 amide bonds. The van der Waals surface area contributed by atoms with Gasteiger partial charge in [-0.2, -0.15) is 0 Å². The van der Waals surface area contributed by atoms with E-state index in [2.05, 4.69) is 31.7 Å². The van der Waals surface area contributed by atoms with Crippen molar-refractivity contribution in [2.24, 2.45) is 0 Å². The van der Waals surface area contributed by atoms with Crippen LogP contribution >= 0.6 is 0 Å². The van der Waals surface area contributed by atoms with Crippen LogP contribution in [0.1, 0.15) is 20.7 Å². The Morgan fingerprint density at radius 1 is 0.750 bits per heavy atom. The number of amides is 2. The summed E-state index contributed by atoms with van der Waals surface area (Å²) < 4.78 is 13.7. The number of nitrogens with one attached hydrogen (secondary N) is 4. The van der Waals surface area contributed by atoms with Crippen molar-refractivity contribution in [2.45, 2.75) is 0 Å². The zero-order chi connectivity index (χ0) is 22.5. The van der Waals surface area contributed by atoms with Crippen LogP contribution in [0.25, 0.3) is 10.8 Å². The molecule has 0 fully saturated rings. The molecule has 0 aliphatic rings. The topological polar surface area (TPSA) is 134 Å². The molecular formula is C22H18FN7O2. The molecule has 0 aliphatic heterocycles. The number of nitrogen functional groups attached to an aromatic ring is 1. The summed E-state index contributed by atoms with van der Waals surface area (Å²) in [4.78, 5) is 32.7. The molecule has 0 atom stereocenters. The first-order valence-electron chi connectivity index (χ1n) is 9.50. The first-order chi connectivity index (χ1) is 15.5.